The lowest BCUT2D eigenvalue weighted by atomic mass is 9.75. The van der Waals surface area contributed by atoms with E-state index in [-0.39, 0.29) is 0 Å². The van der Waals surface area contributed by atoms with Crippen molar-refractivity contribution < 1.29 is 0 Å². The van der Waals surface area contributed by atoms with Crippen molar-refractivity contribution in [2.24, 2.45) is 11.1 Å². The van der Waals surface area contributed by atoms with E-state index >= 15 is 0 Å². The van der Waals surface area contributed by atoms with Crippen LogP contribution in [0, 0.1) is 5.41 Å². The van der Waals surface area contributed by atoms with Gasteiger partial charge in [0.2, 0.25) is 0 Å². The van der Waals surface area contributed by atoms with Gasteiger partial charge < -0.3 is 5.73 Å². The molecule has 1 aromatic carbocycles. The zero-order valence-corrected chi connectivity index (χ0v) is 14.2. The second-order valence-electron chi connectivity index (χ2n) is 7.69. The van der Waals surface area contributed by atoms with Crippen molar-refractivity contribution in [3.8, 4) is 0 Å². The molecular formula is C19H32N2. The summed E-state index contributed by atoms with van der Waals surface area (Å²) in [5.41, 5.74) is 9.05. The summed E-state index contributed by atoms with van der Waals surface area (Å²) in [5, 5.41) is 0. The molecule has 0 amide bonds. The van der Waals surface area contributed by atoms with Crippen LogP contribution in [0.3, 0.4) is 0 Å². The van der Waals surface area contributed by atoms with Crippen LogP contribution in [0.2, 0.25) is 0 Å². The second-order valence-corrected chi connectivity index (χ2v) is 7.69. The fourth-order valence-electron chi connectivity index (χ4n) is 3.33. The van der Waals surface area contributed by atoms with Gasteiger partial charge in [-0.2, -0.15) is 0 Å². The molecule has 1 atom stereocenters. The average molecular weight is 288 g/mol. The molecule has 118 valence electrons. The molecule has 0 heterocycles. The van der Waals surface area contributed by atoms with E-state index in [1.165, 1.54) is 36.8 Å². The molecule has 2 rings (SSSR count). The molecule has 1 aliphatic rings. The van der Waals surface area contributed by atoms with E-state index in [9.17, 15) is 0 Å². The Balaban J connectivity index is 1.89. The summed E-state index contributed by atoms with van der Waals surface area (Å²) >= 11 is 0. The number of rotatable bonds is 5. The van der Waals surface area contributed by atoms with Crippen molar-refractivity contribution in [2.45, 2.75) is 65.0 Å². The summed E-state index contributed by atoms with van der Waals surface area (Å²) < 4.78 is 0. The maximum absolute atomic E-state index is 5.73. The Morgan fingerprint density at radius 1 is 1.19 bits per heavy atom. The van der Waals surface area contributed by atoms with Crippen molar-refractivity contribution >= 4 is 0 Å². The highest BCUT2D eigenvalue weighted by molar-refractivity contribution is 5.25. The highest BCUT2D eigenvalue weighted by Crippen LogP contribution is 2.36. The number of nitrogens with two attached hydrogens (primary N) is 1. The molecule has 21 heavy (non-hydrogen) atoms. The standard InChI is InChI=1S/C19H32N2/c1-15(13-20)17-7-5-16(6-8-17)14-21(4)18-9-11-19(2,3)12-10-18/h5-8,15,18H,9-14,20H2,1-4H3. The smallest absolute Gasteiger partial charge is 0.0233 e. The van der Waals surface area contributed by atoms with Gasteiger partial charge in [0.15, 0.2) is 0 Å². The van der Waals surface area contributed by atoms with E-state index in [1.54, 1.807) is 0 Å². The number of nitrogens with zero attached hydrogens (tertiary/aromatic N) is 1. The minimum Gasteiger partial charge on any atom is -0.330 e. The van der Waals surface area contributed by atoms with E-state index in [0.717, 1.165) is 19.1 Å². The molecular weight excluding hydrogens is 256 g/mol. The van der Waals surface area contributed by atoms with Crippen LogP contribution in [0.1, 0.15) is 63.5 Å². The Bertz CT molecular complexity index is 425. The van der Waals surface area contributed by atoms with E-state index in [1.807, 2.05) is 0 Å². The molecule has 2 heteroatoms. The van der Waals surface area contributed by atoms with Crippen LogP contribution in [-0.4, -0.2) is 24.5 Å². The number of hydrogen-bond donors (Lipinski definition) is 1. The van der Waals surface area contributed by atoms with Crippen LogP contribution in [0.4, 0.5) is 0 Å². The Labute approximate surface area is 130 Å². The summed E-state index contributed by atoms with van der Waals surface area (Å²) in [4.78, 5) is 2.54. The fraction of sp³-hybridized carbons (Fsp3) is 0.684. The molecule has 1 saturated carbocycles. The summed E-state index contributed by atoms with van der Waals surface area (Å²) in [5.74, 6) is 0.456. The normalized spacial score (nSPS) is 20.7. The van der Waals surface area contributed by atoms with Crippen molar-refractivity contribution in [3.63, 3.8) is 0 Å². The lowest BCUT2D eigenvalue weighted by Gasteiger charge is -2.38. The minimum atomic E-state index is 0.456. The highest BCUT2D eigenvalue weighted by Gasteiger charge is 2.28. The molecule has 1 unspecified atom stereocenters. The van der Waals surface area contributed by atoms with Gasteiger partial charge in [-0.25, -0.2) is 0 Å². The minimum absolute atomic E-state index is 0.456. The van der Waals surface area contributed by atoms with Crippen molar-refractivity contribution in [1.82, 2.24) is 4.90 Å². The molecule has 0 aromatic heterocycles. The number of benzene rings is 1. The lowest BCUT2D eigenvalue weighted by Crippen LogP contribution is -2.36. The van der Waals surface area contributed by atoms with Gasteiger partial charge in [0.1, 0.15) is 0 Å². The van der Waals surface area contributed by atoms with Crippen LogP contribution in [0.15, 0.2) is 24.3 Å². The van der Waals surface area contributed by atoms with Gasteiger partial charge in [0.25, 0.3) is 0 Å². The third kappa shape index (κ3) is 4.55. The van der Waals surface area contributed by atoms with Crippen LogP contribution < -0.4 is 5.73 Å². The zero-order chi connectivity index (χ0) is 15.5. The third-order valence-corrected chi connectivity index (χ3v) is 5.27. The third-order valence-electron chi connectivity index (χ3n) is 5.27. The van der Waals surface area contributed by atoms with Crippen LogP contribution >= 0.6 is 0 Å². The molecule has 0 saturated heterocycles. The first-order valence-corrected chi connectivity index (χ1v) is 8.40. The van der Waals surface area contributed by atoms with Gasteiger partial charge in [0, 0.05) is 12.6 Å². The molecule has 0 spiro atoms. The van der Waals surface area contributed by atoms with Crippen molar-refractivity contribution in [1.29, 1.82) is 0 Å². The van der Waals surface area contributed by atoms with E-state index in [2.05, 4.69) is 57.0 Å². The predicted molar refractivity (Wildman–Crippen MR) is 91.4 cm³/mol. The molecule has 0 radical (unpaired) electrons. The monoisotopic (exact) mass is 288 g/mol. The van der Waals surface area contributed by atoms with Crippen LogP contribution in [0.25, 0.3) is 0 Å². The Hall–Kier alpha value is -0.860. The van der Waals surface area contributed by atoms with E-state index in [0.29, 0.717) is 11.3 Å². The average Bonchev–Trinajstić information content (AvgIpc) is 2.47. The summed E-state index contributed by atoms with van der Waals surface area (Å²) in [6, 6.07) is 9.77. The molecule has 1 aromatic rings. The summed E-state index contributed by atoms with van der Waals surface area (Å²) in [6.45, 7) is 8.77. The maximum atomic E-state index is 5.73. The van der Waals surface area contributed by atoms with Gasteiger partial charge in [-0.3, -0.25) is 4.90 Å². The topological polar surface area (TPSA) is 29.3 Å². The van der Waals surface area contributed by atoms with E-state index in [4.69, 9.17) is 5.73 Å². The first-order chi connectivity index (χ1) is 9.91. The van der Waals surface area contributed by atoms with Gasteiger partial charge in [-0.1, -0.05) is 45.0 Å². The van der Waals surface area contributed by atoms with Gasteiger partial charge in [0.05, 0.1) is 0 Å². The largest absolute Gasteiger partial charge is 0.330 e. The quantitative estimate of drug-likeness (QED) is 0.882. The zero-order valence-electron chi connectivity index (χ0n) is 14.2. The Morgan fingerprint density at radius 2 is 1.76 bits per heavy atom. The Morgan fingerprint density at radius 3 is 2.29 bits per heavy atom. The summed E-state index contributed by atoms with van der Waals surface area (Å²) in [6.07, 6.45) is 5.39. The van der Waals surface area contributed by atoms with Gasteiger partial charge in [-0.15, -0.1) is 0 Å². The molecule has 1 fully saturated rings. The van der Waals surface area contributed by atoms with Crippen LogP contribution in [-0.2, 0) is 6.54 Å². The highest BCUT2D eigenvalue weighted by atomic mass is 15.1. The SMILES string of the molecule is CC(CN)c1ccc(CN(C)C2CCC(C)(C)CC2)cc1. The van der Waals surface area contributed by atoms with Gasteiger partial charge in [-0.05, 0) is 61.7 Å². The van der Waals surface area contributed by atoms with Crippen LogP contribution in [0.5, 0.6) is 0 Å². The summed E-state index contributed by atoms with van der Waals surface area (Å²) in [7, 11) is 2.28. The first kappa shape index (κ1) is 16.5. The fourth-order valence-corrected chi connectivity index (χ4v) is 3.33. The molecule has 1 aliphatic carbocycles. The Kier molecular flexibility index (Phi) is 5.45. The molecule has 2 N–H and O–H groups in total. The molecule has 2 nitrogen and oxygen atoms in total. The molecule has 0 bridgehead atoms. The van der Waals surface area contributed by atoms with Crippen molar-refractivity contribution in [3.05, 3.63) is 35.4 Å². The number of hydrogen-bond acceptors (Lipinski definition) is 2. The van der Waals surface area contributed by atoms with E-state index < -0.39 is 0 Å². The second kappa shape index (κ2) is 6.93. The lowest BCUT2D eigenvalue weighted by molar-refractivity contribution is 0.123. The predicted octanol–water partition coefficient (Wildman–Crippen LogP) is 4.15. The van der Waals surface area contributed by atoms with Crippen molar-refractivity contribution in [2.75, 3.05) is 13.6 Å². The maximum Gasteiger partial charge on any atom is 0.0233 e. The van der Waals surface area contributed by atoms with Gasteiger partial charge >= 0.3 is 0 Å². The molecule has 0 aliphatic heterocycles. The first-order valence-electron chi connectivity index (χ1n) is 8.40.